The molecule has 112 valence electrons. The largest absolute Gasteiger partial charge is 0.376 e. The molecule has 1 aliphatic heterocycles. The van der Waals surface area contributed by atoms with Gasteiger partial charge in [-0.3, -0.25) is 15.5 Å². The quantitative estimate of drug-likeness (QED) is 0.371. The SMILES string of the molecule is O=[N+]([O-])c1ccc(/C=N\NC(=S)NC[C@H]2CCCO2)cc1. The lowest BCUT2D eigenvalue weighted by Gasteiger charge is -2.11. The summed E-state index contributed by atoms with van der Waals surface area (Å²) in [5.41, 5.74) is 3.49. The average molecular weight is 308 g/mol. The molecule has 7 nitrogen and oxygen atoms in total. The van der Waals surface area contributed by atoms with Crippen molar-refractivity contribution >= 4 is 29.2 Å². The molecular formula is C13H16N4O3S. The van der Waals surface area contributed by atoms with E-state index in [1.807, 2.05) is 0 Å². The number of nitrogens with zero attached hydrogens (tertiary/aromatic N) is 2. The van der Waals surface area contributed by atoms with Gasteiger partial charge in [0, 0.05) is 25.3 Å². The number of hydrazone groups is 1. The van der Waals surface area contributed by atoms with Gasteiger partial charge in [-0.15, -0.1) is 0 Å². The Hall–Kier alpha value is -2.06. The average Bonchev–Trinajstić information content (AvgIpc) is 2.99. The molecule has 1 aromatic rings. The number of nitrogens with one attached hydrogen (secondary N) is 2. The molecule has 0 amide bonds. The maximum Gasteiger partial charge on any atom is 0.269 e. The highest BCUT2D eigenvalue weighted by Crippen LogP contribution is 2.11. The van der Waals surface area contributed by atoms with Crippen LogP contribution in [0.25, 0.3) is 0 Å². The van der Waals surface area contributed by atoms with E-state index in [-0.39, 0.29) is 11.8 Å². The van der Waals surface area contributed by atoms with Crippen molar-refractivity contribution < 1.29 is 9.66 Å². The third-order valence-electron chi connectivity index (χ3n) is 3.00. The normalized spacial score (nSPS) is 17.8. The highest BCUT2D eigenvalue weighted by atomic mass is 32.1. The number of hydrogen-bond acceptors (Lipinski definition) is 5. The second-order valence-electron chi connectivity index (χ2n) is 4.56. The minimum absolute atomic E-state index is 0.0499. The van der Waals surface area contributed by atoms with E-state index in [9.17, 15) is 10.1 Å². The number of rotatable bonds is 5. The van der Waals surface area contributed by atoms with Crippen LogP contribution >= 0.6 is 12.2 Å². The van der Waals surface area contributed by atoms with Gasteiger partial charge in [-0.25, -0.2) is 0 Å². The summed E-state index contributed by atoms with van der Waals surface area (Å²) >= 11 is 5.08. The molecule has 8 heteroatoms. The predicted molar refractivity (Wildman–Crippen MR) is 83.4 cm³/mol. The number of nitro benzene ring substituents is 1. The van der Waals surface area contributed by atoms with Gasteiger partial charge in [0.1, 0.15) is 0 Å². The van der Waals surface area contributed by atoms with Crippen LogP contribution in [0.2, 0.25) is 0 Å². The zero-order chi connectivity index (χ0) is 15.1. The van der Waals surface area contributed by atoms with Gasteiger partial charge in [-0.2, -0.15) is 5.10 Å². The number of non-ortho nitro benzene ring substituents is 1. The molecule has 0 radical (unpaired) electrons. The van der Waals surface area contributed by atoms with E-state index in [0.717, 1.165) is 25.0 Å². The third-order valence-corrected chi connectivity index (χ3v) is 3.23. The smallest absolute Gasteiger partial charge is 0.269 e. The number of ether oxygens (including phenoxy) is 1. The van der Waals surface area contributed by atoms with E-state index in [1.54, 1.807) is 18.3 Å². The van der Waals surface area contributed by atoms with Crippen molar-refractivity contribution in [2.24, 2.45) is 5.10 Å². The van der Waals surface area contributed by atoms with Crippen molar-refractivity contribution in [2.75, 3.05) is 13.2 Å². The Morgan fingerprint density at radius 2 is 2.29 bits per heavy atom. The fourth-order valence-corrected chi connectivity index (χ4v) is 2.03. The summed E-state index contributed by atoms with van der Waals surface area (Å²) in [6.45, 7) is 1.48. The lowest BCUT2D eigenvalue weighted by Crippen LogP contribution is -2.37. The molecule has 1 atom stereocenters. The van der Waals surface area contributed by atoms with E-state index in [2.05, 4.69) is 15.8 Å². The Kier molecular flexibility index (Phi) is 5.59. The van der Waals surface area contributed by atoms with Gasteiger partial charge in [0.15, 0.2) is 5.11 Å². The summed E-state index contributed by atoms with van der Waals surface area (Å²) in [6.07, 6.45) is 3.89. The Labute approximate surface area is 127 Å². The lowest BCUT2D eigenvalue weighted by molar-refractivity contribution is -0.384. The van der Waals surface area contributed by atoms with Gasteiger partial charge >= 0.3 is 0 Å². The molecule has 1 aliphatic rings. The minimum Gasteiger partial charge on any atom is -0.376 e. The van der Waals surface area contributed by atoms with Crippen molar-refractivity contribution in [3.8, 4) is 0 Å². The molecule has 0 saturated carbocycles. The molecule has 0 spiro atoms. The standard InChI is InChI=1S/C13H16N4O3S/c18-17(19)11-5-3-10(4-6-11)8-15-16-13(21)14-9-12-2-1-7-20-12/h3-6,8,12H,1-2,7,9H2,(H2,14,16,21)/b15-8-/t12-/m1/s1. The molecule has 0 aliphatic carbocycles. The number of hydrogen-bond donors (Lipinski definition) is 2. The highest BCUT2D eigenvalue weighted by Gasteiger charge is 2.14. The fourth-order valence-electron chi connectivity index (χ4n) is 1.90. The van der Waals surface area contributed by atoms with Gasteiger partial charge < -0.3 is 10.1 Å². The third kappa shape index (κ3) is 5.09. The second kappa shape index (κ2) is 7.65. The van der Waals surface area contributed by atoms with Crippen LogP contribution in [0.15, 0.2) is 29.4 Å². The van der Waals surface area contributed by atoms with Gasteiger partial charge in [-0.05, 0) is 42.8 Å². The molecule has 2 N–H and O–H groups in total. The summed E-state index contributed by atoms with van der Waals surface area (Å²) in [4.78, 5) is 10.1. The molecule has 0 aromatic heterocycles. The topological polar surface area (TPSA) is 88.8 Å². The summed E-state index contributed by atoms with van der Waals surface area (Å²) < 4.78 is 5.46. The number of thiocarbonyl (C=S) groups is 1. The van der Waals surface area contributed by atoms with Crippen LogP contribution in [0, 0.1) is 10.1 Å². The summed E-state index contributed by atoms with van der Waals surface area (Å²) in [6, 6.07) is 6.09. The Morgan fingerprint density at radius 3 is 2.90 bits per heavy atom. The highest BCUT2D eigenvalue weighted by molar-refractivity contribution is 7.80. The van der Waals surface area contributed by atoms with Gasteiger partial charge in [0.05, 0.1) is 17.2 Å². The maximum absolute atomic E-state index is 10.5. The Bertz CT molecular complexity index is 527. The molecule has 0 unspecified atom stereocenters. The van der Waals surface area contributed by atoms with Crippen molar-refractivity contribution in [1.82, 2.24) is 10.7 Å². The van der Waals surface area contributed by atoms with Crippen LogP contribution in [0.3, 0.4) is 0 Å². The summed E-state index contributed by atoms with van der Waals surface area (Å²) in [5.74, 6) is 0. The molecule has 1 heterocycles. The van der Waals surface area contributed by atoms with Crippen molar-refractivity contribution in [3.05, 3.63) is 39.9 Å². The van der Waals surface area contributed by atoms with Gasteiger partial charge in [-0.1, -0.05) is 0 Å². The number of benzene rings is 1. The lowest BCUT2D eigenvalue weighted by atomic mass is 10.2. The monoisotopic (exact) mass is 308 g/mol. The fraction of sp³-hybridized carbons (Fsp3) is 0.385. The molecule has 1 saturated heterocycles. The van der Waals surface area contributed by atoms with Crippen LogP contribution in [-0.2, 0) is 4.74 Å². The first kappa shape index (κ1) is 15.3. The molecule has 21 heavy (non-hydrogen) atoms. The van der Waals surface area contributed by atoms with E-state index >= 15 is 0 Å². The first-order valence-corrected chi connectivity index (χ1v) is 6.99. The summed E-state index contributed by atoms with van der Waals surface area (Å²) in [7, 11) is 0. The zero-order valence-corrected chi connectivity index (χ0v) is 12.1. The zero-order valence-electron chi connectivity index (χ0n) is 11.3. The Balaban J connectivity index is 1.73. The van der Waals surface area contributed by atoms with Gasteiger partial charge in [0.2, 0.25) is 0 Å². The van der Waals surface area contributed by atoms with Crippen molar-refractivity contribution in [3.63, 3.8) is 0 Å². The second-order valence-corrected chi connectivity index (χ2v) is 4.97. The molecule has 2 rings (SSSR count). The van der Waals surface area contributed by atoms with Crippen molar-refractivity contribution in [1.29, 1.82) is 0 Å². The van der Waals surface area contributed by atoms with Crippen LogP contribution in [-0.4, -0.2) is 35.5 Å². The molecule has 1 aromatic carbocycles. The van der Waals surface area contributed by atoms with Gasteiger partial charge in [0.25, 0.3) is 5.69 Å². The van der Waals surface area contributed by atoms with E-state index in [4.69, 9.17) is 17.0 Å². The van der Waals surface area contributed by atoms with E-state index in [0.29, 0.717) is 11.7 Å². The van der Waals surface area contributed by atoms with Crippen LogP contribution in [0.5, 0.6) is 0 Å². The molecule has 1 fully saturated rings. The predicted octanol–water partition coefficient (Wildman–Crippen LogP) is 1.57. The van der Waals surface area contributed by atoms with Crippen molar-refractivity contribution in [2.45, 2.75) is 18.9 Å². The first-order valence-electron chi connectivity index (χ1n) is 6.58. The molecular weight excluding hydrogens is 292 g/mol. The number of nitro groups is 1. The molecule has 0 bridgehead atoms. The van der Waals surface area contributed by atoms with Crippen LogP contribution in [0.1, 0.15) is 18.4 Å². The Morgan fingerprint density at radius 1 is 1.52 bits per heavy atom. The van der Waals surface area contributed by atoms with Crippen LogP contribution < -0.4 is 10.7 Å². The first-order chi connectivity index (χ1) is 10.1. The minimum atomic E-state index is -0.441. The van der Waals surface area contributed by atoms with Crippen LogP contribution in [0.4, 0.5) is 5.69 Å². The maximum atomic E-state index is 10.5. The van der Waals surface area contributed by atoms with E-state index in [1.165, 1.54) is 12.1 Å². The van der Waals surface area contributed by atoms with E-state index < -0.39 is 4.92 Å². The summed E-state index contributed by atoms with van der Waals surface area (Å²) in [5, 5.41) is 17.9.